The number of hydrogen-bond acceptors (Lipinski definition) is 2. The SMILES string of the molecule is CCOCCCNC(CC)c1ccc(CC)cc1. The number of hydrogen-bond donors (Lipinski definition) is 1. The van der Waals surface area contributed by atoms with Crippen molar-refractivity contribution in [1.82, 2.24) is 5.32 Å². The van der Waals surface area contributed by atoms with Crippen LogP contribution in [-0.2, 0) is 11.2 Å². The summed E-state index contributed by atoms with van der Waals surface area (Å²) in [7, 11) is 0. The van der Waals surface area contributed by atoms with Crippen LogP contribution in [0.4, 0.5) is 0 Å². The van der Waals surface area contributed by atoms with E-state index in [1.807, 2.05) is 6.92 Å². The highest BCUT2D eigenvalue weighted by Gasteiger charge is 2.07. The fourth-order valence-corrected chi connectivity index (χ4v) is 2.08. The summed E-state index contributed by atoms with van der Waals surface area (Å²) in [6.45, 7) is 9.15. The first-order valence-corrected chi connectivity index (χ1v) is 7.21. The van der Waals surface area contributed by atoms with Gasteiger partial charge in [0.25, 0.3) is 0 Å². The third-order valence-corrected chi connectivity index (χ3v) is 3.26. The summed E-state index contributed by atoms with van der Waals surface area (Å²) in [4.78, 5) is 0. The molecule has 0 bridgehead atoms. The Kier molecular flexibility index (Phi) is 7.70. The van der Waals surface area contributed by atoms with Crippen molar-refractivity contribution in [2.24, 2.45) is 0 Å². The van der Waals surface area contributed by atoms with Crippen LogP contribution in [0.15, 0.2) is 24.3 Å². The van der Waals surface area contributed by atoms with Crippen molar-refractivity contribution in [3.63, 3.8) is 0 Å². The molecule has 1 rings (SSSR count). The van der Waals surface area contributed by atoms with Crippen LogP contribution in [0.25, 0.3) is 0 Å². The molecule has 2 nitrogen and oxygen atoms in total. The molecule has 0 saturated carbocycles. The van der Waals surface area contributed by atoms with E-state index in [0.29, 0.717) is 6.04 Å². The maximum Gasteiger partial charge on any atom is 0.0477 e. The van der Waals surface area contributed by atoms with Gasteiger partial charge in [-0.15, -0.1) is 0 Å². The van der Waals surface area contributed by atoms with Crippen molar-refractivity contribution in [2.45, 2.75) is 46.1 Å². The molecule has 2 heteroatoms. The van der Waals surface area contributed by atoms with Crippen molar-refractivity contribution in [1.29, 1.82) is 0 Å². The predicted octanol–water partition coefficient (Wildman–Crippen LogP) is 3.72. The summed E-state index contributed by atoms with van der Waals surface area (Å²) >= 11 is 0. The maximum absolute atomic E-state index is 5.34. The van der Waals surface area contributed by atoms with Gasteiger partial charge in [0.05, 0.1) is 0 Å². The lowest BCUT2D eigenvalue weighted by atomic mass is 10.0. The minimum Gasteiger partial charge on any atom is -0.382 e. The van der Waals surface area contributed by atoms with Gasteiger partial charge in [-0.25, -0.2) is 0 Å². The standard InChI is InChI=1S/C16H27NO/c1-4-14-8-10-15(11-9-14)16(5-2)17-12-7-13-18-6-3/h8-11,16-17H,4-7,12-13H2,1-3H3. The molecule has 0 fully saturated rings. The monoisotopic (exact) mass is 249 g/mol. The first-order chi connectivity index (χ1) is 8.81. The summed E-state index contributed by atoms with van der Waals surface area (Å²) in [6, 6.07) is 9.45. The van der Waals surface area contributed by atoms with Gasteiger partial charge in [0, 0.05) is 19.3 Å². The fraction of sp³-hybridized carbons (Fsp3) is 0.625. The van der Waals surface area contributed by atoms with E-state index in [2.05, 4.69) is 43.4 Å². The molecule has 18 heavy (non-hydrogen) atoms. The van der Waals surface area contributed by atoms with Crippen LogP contribution in [0.3, 0.4) is 0 Å². The molecule has 0 aliphatic carbocycles. The summed E-state index contributed by atoms with van der Waals surface area (Å²) < 4.78 is 5.34. The molecule has 0 aromatic heterocycles. The van der Waals surface area contributed by atoms with Crippen LogP contribution in [0, 0.1) is 0 Å². The molecule has 102 valence electrons. The number of rotatable bonds is 9. The molecule has 0 aliphatic rings. The van der Waals surface area contributed by atoms with E-state index < -0.39 is 0 Å². The topological polar surface area (TPSA) is 21.3 Å². The normalized spacial score (nSPS) is 12.6. The van der Waals surface area contributed by atoms with E-state index in [9.17, 15) is 0 Å². The Labute approximate surface area is 112 Å². The van der Waals surface area contributed by atoms with E-state index >= 15 is 0 Å². The Balaban J connectivity index is 2.39. The average molecular weight is 249 g/mol. The van der Waals surface area contributed by atoms with Gasteiger partial charge in [0.2, 0.25) is 0 Å². The van der Waals surface area contributed by atoms with Gasteiger partial charge in [-0.3, -0.25) is 0 Å². The van der Waals surface area contributed by atoms with Gasteiger partial charge in [0.15, 0.2) is 0 Å². The van der Waals surface area contributed by atoms with Crippen LogP contribution >= 0.6 is 0 Å². The molecule has 1 aromatic carbocycles. The van der Waals surface area contributed by atoms with Crippen LogP contribution in [0.2, 0.25) is 0 Å². The molecule has 0 amide bonds. The summed E-state index contributed by atoms with van der Waals surface area (Å²) in [5.41, 5.74) is 2.80. The Bertz CT molecular complexity index is 307. The average Bonchev–Trinajstić information content (AvgIpc) is 2.43. The Morgan fingerprint density at radius 1 is 1.11 bits per heavy atom. The van der Waals surface area contributed by atoms with Crippen molar-refractivity contribution < 1.29 is 4.74 Å². The molecule has 0 radical (unpaired) electrons. The first kappa shape index (κ1) is 15.2. The van der Waals surface area contributed by atoms with Crippen LogP contribution in [0.5, 0.6) is 0 Å². The molecular formula is C16H27NO. The molecular weight excluding hydrogens is 222 g/mol. The highest BCUT2D eigenvalue weighted by Crippen LogP contribution is 2.17. The number of nitrogens with one attached hydrogen (secondary N) is 1. The smallest absolute Gasteiger partial charge is 0.0477 e. The van der Waals surface area contributed by atoms with Crippen molar-refractivity contribution in [2.75, 3.05) is 19.8 Å². The number of benzene rings is 1. The minimum atomic E-state index is 0.470. The van der Waals surface area contributed by atoms with E-state index in [4.69, 9.17) is 4.74 Å². The minimum absolute atomic E-state index is 0.470. The third kappa shape index (κ3) is 5.19. The summed E-state index contributed by atoms with van der Waals surface area (Å²) in [5.74, 6) is 0. The Morgan fingerprint density at radius 3 is 2.39 bits per heavy atom. The number of ether oxygens (including phenoxy) is 1. The Morgan fingerprint density at radius 2 is 1.83 bits per heavy atom. The molecule has 1 N–H and O–H groups in total. The van der Waals surface area contributed by atoms with E-state index in [-0.39, 0.29) is 0 Å². The van der Waals surface area contributed by atoms with Gasteiger partial charge >= 0.3 is 0 Å². The lowest BCUT2D eigenvalue weighted by Crippen LogP contribution is -2.22. The van der Waals surface area contributed by atoms with Crippen molar-refractivity contribution >= 4 is 0 Å². The Hall–Kier alpha value is -0.860. The van der Waals surface area contributed by atoms with Gasteiger partial charge in [0.1, 0.15) is 0 Å². The van der Waals surface area contributed by atoms with Crippen LogP contribution < -0.4 is 5.32 Å². The quantitative estimate of drug-likeness (QED) is 0.674. The maximum atomic E-state index is 5.34. The number of aryl methyl sites for hydroxylation is 1. The molecule has 0 aliphatic heterocycles. The van der Waals surface area contributed by atoms with Gasteiger partial charge in [-0.1, -0.05) is 38.1 Å². The predicted molar refractivity (Wildman–Crippen MR) is 78.0 cm³/mol. The fourth-order valence-electron chi connectivity index (χ4n) is 2.08. The third-order valence-electron chi connectivity index (χ3n) is 3.26. The second-order valence-electron chi connectivity index (χ2n) is 4.56. The lowest BCUT2D eigenvalue weighted by molar-refractivity contribution is 0.144. The summed E-state index contributed by atoms with van der Waals surface area (Å²) in [6.07, 6.45) is 3.32. The van der Waals surface area contributed by atoms with Gasteiger partial charge in [-0.05, 0) is 43.9 Å². The molecule has 0 saturated heterocycles. The van der Waals surface area contributed by atoms with Crippen LogP contribution in [0.1, 0.15) is 50.8 Å². The second kappa shape index (κ2) is 9.12. The first-order valence-electron chi connectivity index (χ1n) is 7.21. The molecule has 1 unspecified atom stereocenters. The van der Waals surface area contributed by atoms with Crippen molar-refractivity contribution in [3.05, 3.63) is 35.4 Å². The molecule has 1 aromatic rings. The highest BCUT2D eigenvalue weighted by molar-refractivity contribution is 5.24. The van der Waals surface area contributed by atoms with Gasteiger partial charge in [-0.2, -0.15) is 0 Å². The van der Waals surface area contributed by atoms with E-state index in [1.54, 1.807) is 0 Å². The summed E-state index contributed by atoms with van der Waals surface area (Å²) in [5, 5.41) is 3.60. The molecule has 1 atom stereocenters. The largest absolute Gasteiger partial charge is 0.382 e. The highest BCUT2D eigenvalue weighted by atomic mass is 16.5. The van der Waals surface area contributed by atoms with Gasteiger partial charge < -0.3 is 10.1 Å². The zero-order chi connectivity index (χ0) is 13.2. The molecule has 0 spiro atoms. The second-order valence-corrected chi connectivity index (χ2v) is 4.56. The van der Waals surface area contributed by atoms with Crippen molar-refractivity contribution in [3.8, 4) is 0 Å². The zero-order valence-electron chi connectivity index (χ0n) is 12.0. The van der Waals surface area contributed by atoms with E-state index in [1.165, 1.54) is 11.1 Å². The molecule has 0 heterocycles. The lowest BCUT2D eigenvalue weighted by Gasteiger charge is -2.17. The van der Waals surface area contributed by atoms with E-state index in [0.717, 1.165) is 39.0 Å². The van der Waals surface area contributed by atoms with Crippen LogP contribution in [-0.4, -0.2) is 19.8 Å². The zero-order valence-corrected chi connectivity index (χ0v) is 12.0.